The number of ketones is 1. The summed E-state index contributed by atoms with van der Waals surface area (Å²) in [6.07, 6.45) is 13.3. The van der Waals surface area contributed by atoms with Gasteiger partial charge in [0.05, 0.1) is 12.7 Å². The zero-order valence-electron chi connectivity index (χ0n) is 22.0. The third-order valence-electron chi connectivity index (χ3n) is 13.9. The highest BCUT2D eigenvalue weighted by molar-refractivity contribution is 5.85. The maximum absolute atomic E-state index is 12.9. The molecule has 0 aromatic carbocycles. The van der Waals surface area contributed by atoms with E-state index in [2.05, 4.69) is 48.5 Å². The zero-order chi connectivity index (χ0) is 22.9. The first-order valence-electron chi connectivity index (χ1n) is 14.0. The van der Waals surface area contributed by atoms with Crippen LogP contribution in [0.25, 0.3) is 0 Å². The molecule has 0 aromatic heterocycles. The van der Waals surface area contributed by atoms with Crippen LogP contribution in [0, 0.1) is 56.2 Å². The molecule has 180 valence electrons. The summed E-state index contributed by atoms with van der Waals surface area (Å²) in [5.74, 6) is 3.46. The Kier molecular flexibility index (Phi) is 4.31. The van der Waals surface area contributed by atoms with Crippen molar-refractivity contribution in [2.75, 3.05) is 6.61 Å². The molecule has 0 spiro atoms. The van der Waals surface area contributed by atoms with Gasteiger partial charge < -0.3 is 4.74 Å². The highest BCUT2D eigenvalue weighted by Gasteiger charge is 2.72. The first-order chi connectivity index (χ1) is 14.8. The van der Waals surface area contributed by atoms with Gasteiger partial charge in [-0.3, -0.25) is 4.79 Å². The van der Waals surface area contributed by atoms with Crippen molar-refractivity contribution >= 4 is 5.78 Å². The van der Waals surface area contributed by atoms with E-state index in [0.717, 1.165) is 37.2 Å². The molecule has 5 saturated carbocycles. The number of fused-ring (bicyclic) bond motifs is 5. The van der Waals surface area contributed by atoms with E-state index >= 15 is 0 Å². The number of hydrogen-bond donors (Lipinski definition) is 0. The van der Waals surface area contributed by atoms with Crippen molar-refractivity contribution in [3.8, 4) is 0 Å². The highest BCUT2D eigenvalue weighted by Crippen LogP contribution is 2.77. The molecule has 6 rings (SSSR count). The Morgan fingerprint density at radius 2 is 1.47 bits per heavy atom. The normalized spacial score (nSPS) is 57.7. The van der Waals surface area contributed by atoms with Crippen molar-refractivity contribution in [3.05, 3.63) is 0 Å². The molecule has 9 atom stereocenters. The van der Waals surface area contributed by atoms with Crippen molar-refractivity contribution in [2.24, 2.45) is 56.2 Å². The van der Waals surface area contributed by atoms with Gasteiger partial charge in [-0.05, 0) is 109 Å². The van der Waals surface area contributed by atoms with Crippen LogP contribution in [-0.4, -0.2) is 18.5 Å². The molecule has 0 N–H and O–H groups in total. The number of rotatable bonds is 0. The van der Waals surface area contributed by atoms with Gasteiger partial charge in [-0.25, -0.2) is 0 Å². The van der Waals surface area contributed by atoms with Crippen molar-refractivity contribution in [1.82, 2.24) is 0 Å². The molecule has 5 aliphatic carbocycles. The maximum Gasteiger partial charge on any atom is 0.138 e. The Labute approximate surface area is 197 Å². The number of carbonyl (C=O) groups is 1. The van der Waals surface area contributed by atoms with Gasteiger partial charge in [0.2, 0.25) is 0 Å². The first kappa shape index (κ1) is 22.1. The Bertz CT molecular complexity index is 842. The Hall–Kier alpha value is -0.370. The lowest BCUT2D eigenvalue weighted by molar-refractivity contribution is -0.239. The van der Waals surface area contributed by atoms with Gasteiger partial charge in [0, 0.05) is 11.8 Å². The molecular weight excluding hydrogens is 392 g/mol. The molecule has 1 heterocycles. The molecule has 2 nitrogen and oxygen atoms in total. The van der Waals surface area contributed by atoms with Crippen molar-refractivity contribution in [1.29, 1.82) is 0 Å². The monoisotopic (exact) mass is 440 g/mol. The second-order valence-corrected chi connectivity index (χ2v) is 15.4. The predicted molar refractivity (Wildman–Crippen MR) is 129 cm³/mol. The van der Waals surface area contributed by atoms with Gasteiger partial charge in [-0.15, -0.1) is 0 Å². The van der Waals surface area contributed by atoms with E-state index in [1.807, 2.05) is 0 Å². The average Bonchev–Trinajstić information content (AvgIpc) is 3.05. The molecule has 2 heteroatoms. The summed E-state index contributed by atoms with van der Waals surface area (Å²) in [4.78, 5) is 12.9. The molecule has 2 bridgehead atoms. The second kappa shape index (κ2) is 6.24. The van der Waals surface area contributed by atoms with E-state index in [1.54, 1.807) is 0 Å². The summed E-state index contributed by atoms with van der Waals surface area (Å²) >= 11 is 0. The molecule has 1 aliphatic heterocycles. The Balaban J connectivity index is 1.40. The number of Topliss-reactive ketones (excluding diaryl/α,β-unsaturated/α-hetero) is 1. The molecule has 1 saturated heterocycles. The molecule has 0 radical (unpaired) electrons. The van der Waals surface area contributed by atoms with Gasteiger partial charge in [0.1, 0.15) is 5.78 Å². The minimum atomic E-state index is -0.136. The summed E-state index contributed by atoms with van der Waals surface area (Å²) in [5, 5.41) is 0. The number of ether oxygens (including phenoxy) is 1. The van der Waals surface area contributed by atoms with Crippen molar-refractivity contribution in [3.63, 3.8) is 0 Å². The van der Waals surface area contributed by atoms with Crippen LogP contribution < -0.4 is 0 Å². The summed E-state index contributed by atoms with van der Waals surface area (Å²) in [5.41, 5.74) is 1.83. The fraction of sp³-hybridized carbons (Fsp3) is 0.967. The van der Waals surface area contributed by atoms with E-state index in [4.69, 9.17) is 4.74 Å². The van der Waals surface area contributed by atoms with E-state index in [1.165, 1.54) is 51.4 Å². The van der Waals surface area contributed by atoms with Gasteiger partial charge in [0.25, 0.3) is 0 Å². The zero-order valence-corrected chi connectivity index (χ0v) is 22.0. The largest absolute Gasteiger partial charge is 0.377 e. The number of carbonyl (C=O) groups excluding carboxylic acids is 1. The molecule has 0 aromatic rings. The fourth-order valence-electron chi connectivity index (χ4n) is 11.8. The SMILES string of the molecule is CC1(C)CC[C@]23CC[C@]4(C)[C@H](CC[C@@H]5[C@@]6(C)CCC(=O)C(C)(C)[C@H]6CC[C@]54C)[C@H]2[C@@H]1OC3. The van der Waals surface area contributed by atoms with Gasteiger partial charge in [0.15, 0.2) is 0 Å². The van der Waals surface area contributed by atoms with Crippen LogP contribution in [0.5, 0.6) is 0 Å². The molecule has 0 unspecified atom stereocenters. The number of hydrogen-bond acceptors (Lipinski definition) is 2. The molecular formula is C30H48O2. The predicted octanol–water partition coefficient (Wildman–Crippen LogP) is 7.45. The van der Waals surface area contributed by atoms with E-state index in [0.29, 0.717) is 44.9 Å². The van der Waals surface area contributed by atoms with Crippen LogP contribution >= 0.6 is 0 Å². The van der Waals surface area contributed by atoms with Crippen molar-refractivity contribution in [2.45, 2.75) is 119 Å². The van der Waals surface area contributed by atoms with Gasteiger partial charge in [-0.1, -0.05) is 48.5 Å². The molecule has 6 aliphatic rings. The lowest BCUT2D eigenvalue weighted by atomic mass is 9.31. The molecule has 32 heavy (non-hydrogen) atoms. The quantitative estimate of drug-likeness (QED) is 0.391. The van der Waals surface area contributed by atoms with E-state index in [-0.39, 0.29) is 5.41 Å². The van der Waals surface area contributed by atoms with Crippen LogP contribution in [0.4, 0.5) is 0 Å². The first-order valence-corrected chi connectivity index (χ1v) is 14.0. The van der Waals surface area contributed by atoms with Crippen LogP contribution in [-0.2, 0) is 9.53 Å². The lowest BCUT2D eigenvalue weighted by Gasteiger charge is -2.72. The average molecular weight is 441 g/mol. The van der Waals surface area contributed by atoms with E-state index < -0.39 is 0 Å². The molecule has 6 fully saturated rings. The lowest BCUT2D eigenvalue weighted by Crippen LogP contribution is -2.67. The fourth-order valence-corrected chi connectivity index (χ4v) is 11.8. The summed E-state index contributed by atoms with van der Waals surface area (Å²) < 4.78 is 6.70. The standard InChI is InChI=1S/C30H48O2/c1-25(2)14-16-30-17-15-28(6)19(23(30)24(25)32-18-30)8-9-21-27(5)12-11-22(31)26(3,4)20(27)10-13-29(21,28)7/h19-21,23-24H,8-18H2,1-7H3/t19-,20-,21-,23+,24+,27+,28-,29-,30-/m1/s1. The maximum atomic E-state index is 12.9. The highest BCUT2D eigenvalue weighted by atomic mass is 16.5. The Morgan fingerprint density at radius 3 is 2.22 bits per heavy atom. The summed E-state index contributed by atoms with van der Waals surface area (Å²) in [6.45, 7) is 18.6. The molecule has 0 amide bonds. The Morgan fingerprint density at radius 1 is 0.750 bits per heavy atom. The van der Waals surface area contributed by atoms with Gasteiger partial charge in [-0.2, -0.15) is 0 Å². The smallest absolute Gasteiger partial charge is 0.138 e. The minimum absolute atomic E-state index is 0.136. The van der Waals surface area contributed by atoms with Crippen LogP contribution in [0.1, 0.15) is 113 Å². The summed E-state index contributed by atoms with van der Waals surface area (Å²) in [6, 6.07) is 0. The summed E-state index contributed by atoms with van der Waals surface area (Å²) in [7, 11) is 0. The van der Waals surface area contributed by atoms with Gasteiger partial charge >= 0.3 is 0 Å². The minimum Gasteiger partial charge on any atom is -0.377 e. The van der Waals surface area contributed by atoms with Crippen LogP contribution in [0.15, 0.2) is 0 Å². The topological polar surface area (TPSA) is 26.3 Å². The second-order valence-electron chi connectivity index (χ2n) is 15.4. The third kappa shape index (κ3) is 2.35. The van der Waals surface area contributed by atoms with E-state index in [9.17, 15) is 4.79 Å². The van der Waals surface area contributed by atoms with Crippen LogP contribution in [0.2, 0.25) is 0 Å². The third-order valence-corrected chi connectivity index (χ3v) is 13.9. The van der Waals surface area contributed by atoms with Crippen LogP contribution in [0.3, 0.4) is 0 Å². The van der Waals surface area contributed by atoms with Crippen molar-refractivity contribution < 1.29 is 9.53 Å².